The number of nitrogens with zero attached hydrogens (tertiary/aromatic N) is 2. The molecule has 0 radical (unpaired) electrons. The van der Waals surface area contributed by atoms with Crippen LogP contribution in [0.2, 0.25) is 0 Å². The van der Waals surface area contributed by atoms with E-state index >= 15 is 0 Å². The molecule has 64 heavy (non-hydrogen) atoms. The molecule has 1 aliphatic heterocycles. The third kappa shape index (κ3) is 6.72. The molecular formula is C60H43N3O. The highest BCUT2D eigenvalue weighted by Gasteiger charge is 2.35. The molecule has 2 unspecified atom stereocenters. The highest BCUT2D eigenvalue weighted by molar-refractivity contribution is 6.18. The number of benzene rings is 9. The first-order valence-corrected chi connectivity index (χ1v) is 22.1. The number of hydrogen-bond acceptors (Lipinski definition) is 4. The number of amidine groups is 2. The number of hydrogen-bond donors (Lipinski definition) is 1. The van der Waals surface area contributed by atoms with Gasteiger partial charge < -0.3 is 9.73 Å². The largest absolute Gasteiger partial charge is 0.456 e. The van der Waals surface area contributed by atoms with Crippen LogP contribution in [0.15, 0.2) is 239 Å². The smallest absolute Gasteiger partial charge is 0.160 e. The van der Waals surface area contributed by atoms with Crippen molar-refractivity contribution in [3.63, 3.8) is 0 Å². The van der Waals surface area contributed by atoms with Crippen LogP contribution in [0.25, 0.3) is 55.3 Å². The minimum Gasteiger partial charge on any atom is -0.456 e. The Morgan fingerprint density at radius 2 is 1.06 bits per heavy atom. The van der Waals surface area contributed by atoms with Crippen LogP contribution in [-0.2, 0) is 6.42 Å². The van der Waals surface area contributed by atoms with E-state index in [1.54, 1.807) is 0 Å². The van der Waals surface area contributed by atoms with Gasteiger partial charge in [-0.3, -0.25) is 0 Å². The van der Waals surface area contributed by atoms with Crippen LogP contribution in [0.1, 0.15) is 56.9 Å². The Labute approximate surface area is 373 Å². The zero-order valence-corrected chi connectivity index (χ0v) is 35.1. The van der Waals surface area contributed by atoms with E-state index in [0.29, 0.717) is 5.84 Å². The molecule has 1 N–H and O–H groups in total. The molecule has 0 bridgehead atoms. The maximum atomic E-state index is 6.54. The van der Waals surface area contributed by atoms with Crippen LogP contribution in [0.3, 0.4) is 0 Å². The van der Waals surface area contributed by atoms with Gasteiger partial charge in [-0.2, -0.15) is 0 Å². The van der Waals surface area contributed by atoms with Crippen LogP contribution in [-0.4, -0.2) is 11.7 Å². The SMILES string of the molecule is c1ccc(-c2cc3c(cc2C2=NC(c4ccccc4)NC(c4cc(-c5ccccc5)c5c(c4)C(C(c4ccccc4)c4ccccc4)Cc4ccccc4-5)=N2)oc2ccccc23)cc1. The predicted octanol–water partition coefficient (Wildman–Crippen LogP) is 14.6. The van der Waals surface area contributed by atoms with Crippen LogP contribution >= 0.6 is 0 Å². The summed E-state index contributed by atoms with van der Waals surface area (Å²) >= 11 is 0. The van der Waals surface area contributed by atoms with Crippen molar-refractivity contribution in [3.05, 3.63) is 263 Å². The van der Waals surface area contributed by atoms with Crippen molar-refractivity contribution in [3.8, 4) is 33.4 Å². The Hall–Kier alpha value is -8.08. The number of aliphatic imine (C=N–C) groups is 2. The van der Waals surface area contributed by atoms with Crippen molar-refractivity contribution in [2.75, 3.05) is 0 Å². The van der Waals surface area contributed by atoms with Crippen molar-refractivity contribution in [2.45, 2.75) is 24.4 Å². The van der Waals surface area contributed by atoms with Crippen molar-refractivity contribution < 1.29 is 4.42 Å². The number of nitrogens with one attached hydrogen (secondary N) is 1. The molecule has 1 aromatic heterocycles. The summed E-state index contributed by atoms with van der Waals surface area (Å²) in [5.74, 6) is 1.65. The monoisotopic (exact) mass is 821 g/mol. The van der Waals surface area contributed by atoms with Gasteiger partial charge in [-0.15, -0.1) is 0 Å². The molecular weight excluding hydrogens is 779 g/mol. The highest BCUT2D eigenvalue weighted by atomic mass is 16.3. The molecule has 4 nitrogen and oxygen atoms in total. The summed E-state index contributed by atoms with van der Waals surface area (Å²) in [5, 5.41) is 6.01. The maximum Gasteiger partial charge on any atom is 0.160 e. The first-order valence-electron chi connectivity index (χ1n) is 22.1. The van der Waals surface area contributed by atoms with E-state index in [-0.39, 0.29) is 11.8 Å². The fourth-order valence-electron chi connectivity index (χ4n) is 10.1. The predicted molar refractivity (Wildman–Crippen MR) is 263 cm³/mol. The minimum atomic E-state index is -0.396. The van der Waals surface area contributed by atoms with Gasteiger partial charge in [0.1, 0.15) is 23.2 Å². The molecule has 1 aliphatic carbocycles. The quantitative estimate of drug-likeness (QED) is 0.166. The summed E-state index contributed by atoms with van der Waals surface area (Å²) in [6, 6.07) is 80.5. The van der Waals surface area contributed by atoms with E-state index in [9.17, 15) is 0 Å². The van der Waals surface area contributed by atoms with Gasteiger partial charge in [0.05, 0.1) is 0 Å². The Bertz CT molecular complexity index is 3340. The number of fused-ring (bicyclic) bond motifs is 6. The molecule has 4 heteroatoms. The lowest BCUT2D eigenvalue weighted by Crippen LogP contribution is -2.34. The Kier molecular flexibility index (Phi) is 9.41. The Morgan fingerprint density at radius 1 is 0.469 bits per heavy atom. The van der Waals surface area contributed by atoms with E-state index in [0.717, 1.165) is 62.0 Å². The second kappa shape index (κ2) is 16.0. The average Bonchev–Trinajstić information content (AvgIpc) is 3.74. The van der Waals surface area contributed by atoms with Gasteiger partial charge in [-0.1, -0.05) is 194 Å². The fourth-order valence-corrected chi connectivity index (χ4v) is 10.1. The van der Waals surface area contributed by atoms with Crippen LogP contribution in [0, 0.1) is 0 Å². The summed E-state index contributed by atoms with van der Waals surface area (Å²) < 4.78 is 6.54. The number of furan rings is 1. The molecule has 2 heterocycles. The summed E-state index contributed by atoms with van der Waals surface area (Å²) in [5.41, 5.74) is 17.0. The highest BCUT2D eigenvalue weighted by Crippen LogP contribution is 2.52. The third-order valence-corrected chi connectivity index (χ3v) is 13.1. The molecule has 12 rings (SSSR count). The second-order valence-corrected chi connectivity index (χ2v) is 16.8. The van der Waals surface area contributed by atoms with E-state index < -0.39 is 6.17 Å². The van der Waals surface area contributed by atoms with Crippen molar-refractivity contribution in [1.82, 2.24) is 5.32 Å². The molecule has 10 aromatic rings. The molecule has 0 saturated heterocycles. The van der Waals surface area contributed by atoms with Crippen LogP contribution in [0.5, 0.6) is 0 Å². The van der Waals surface area contributed by atoms with E-state index in [2.05, 4.69) is 218 Å². The standard InChI is InChI=1S/C60H43N3O/c1-6-20-39(21-7-1)48-37-50-47-32-18-19-33-54(47)64-55(50)38-53(48)60-62-58(43-28-14-5-15-29-43)61-59(63-60)45-35-49(40-22-8-2-9-23-40)57-46-31-17-16-30-44(46)34-51(52(57)36-45)56(41-24-10-3-11-25-41)42-26-12-4-13-27-42/h1-33,35-38,51,56,58H,34H2,(H,61,62,63). The van der Waals surface area contributed by atoms with Gasteiger partial charge in [0.25, 0.3) is 0 Å². The summed E-state index contributed by atoms with van der Waals surface area (Å²) in [7, 11) is 0. The minimum absolute atomic E-state index is 0.104. The summed E-state index contributed by atoms with van der Waals surface area (Å²) in [6.07, 6.45) is 0.500. The van der Waals surface area contributed by atoms with Gasteiger partial charge in [0, 0.05) is 27.8 Å². The van der Waals surface area contributed by atoms with Crippen molar-refractivity contribution in [2.24, 2.45) is 9.98 Å². The van der Waals surface area contributed by atoms with E-state index in [1.807, 2.05) is 12.1 Å². The zero-order chi connectivity index (χ0) is 42.4. The number of para-hydroxylation sites is 1. The Balaban J connectivity index is 1.12. The average molecular weight is 822 g/mol. The first-order chi connectivity index (χ1) is 31.7. The fraction of sp³-hybridized carbons (Fsp3) is 0.0667. The van der Waals surface area contributed by atoms with Gasteiger partial charge in [-0.05, 0) is 104 Å². The molecule has 0 amide bonds. The van der Waals surface area contributed by atoms with Crippen molar-refractivity contribution >= 4 is 33.6 Å². The van der Waals surface area contributed by atoms with Crippen LogP contribution < -0.4 is 5.32 Å². The van der Waals surface area contributed by atoms with Crippen LogP contribution in [0.4, 0.5) is 0 Å². The van der Waals surface area contributed by atoms with Gasteiger partial charge >= 0.3 is 0 Å². The molecule has 2 atom stereocenters. The normalized spacial score (nSPS) is 15.6. The third-order valence-electron chi connectivity index (χ3n) is 13.1. The maximum absolute atomic E-state index is 6.54. The number of rotatable bonds is 8. The summed E-state index contributed by atoms with van der Waals surface area (Å²) in [4.78, 5) is 11.0. The van der Waals surface area contributed by atoms with Gasteiger partial charge in [-0.25, -0.2) is 9.98 Å². The molecule has 0 saturated carbocycles. The second-order valence-electron chi connectivity index (χ2n) is 16.8. The molecule has 0 spiro atoms. The summed E-state index contributed by atoms with van der Waals surface area (Å²) in [6.45, 7) is 0. The lowest BCUT2D eigenvalue weighted by Gasteiger charge is -2.36. The van der Waals surface area contributed by atoms with Crippen molar-refractivity contribution in [1.29, 1.82) is 0 Å². The molecule has 0 fully saturated rings. The molecule has 2 aliphatic rings. The lowest BCUT2D eigenvalue weighted by atomic mass is 9.67. The first kappa shape index (κ1) is 37.7. The zero-order valence-electron chi connectivity index (χ0n) is 35.1. The Morgan fingerprint density at radius 3 is 1.77 bits per heavy atom. The van der Waals surface area contributed by atoms with Gasteiger partial charge in [0.2, 0.25) is 0 Å². The molecule has 304 valence electrons. The van der Waals surface area contributed by atoms with E-state index in [1.165, 1.54) is 44.5 Å². The molecule has 9 aromatic carbocycles. The topological polar surface area (TPSA) is 49.9 Å². The van der Waals surface area contributed by atoms with E-state index in [4.69, 9.17) is 14.4 Å². The van der Waals surface area contributed by atoms with Gasteiger partial charge in [0.15, 0.2) is 5.84 Å². The lowest BCUT2D eigenvalue weighted by molar-refractivity contribution is 0.595.